The van der Waals surface area contributed by atoms with Gasteiger partial charge in [0.1, 0.15) is 0 Å². The molecular formula is C12H26N2O2S. The molecule has 1 aliphatic heterocycles. The number of rotatable bonds is 3. The third-order valence-corrected chi connectivity index (χ3v) is 5.82. The molecule has 0 spiro atoms. The lowest BCUT2D eigenvalue weighted by Crippen LogP contribution is -2.52. The van der Waals surface area contributed by atoms with Gasteiger partial charge in [0.05, 0.1) is 5.75 Å². The lowest BCUT2D eigenvalue weighted by atomic mass is 9.91. The monoisotopic (exact) mass is 262 g/mol. The SMILES string of the molecule is CNC1(C)CCN(S(=O)(=O)CC(C)(C)C)CC1. The van der Waals surface area contributed by atoms with E-state index in [0.717, 1.165) is 12.8 Å². The van der Waals surface area contributed by atoms with Gasteiger partial charge in [-0.3, -0.25) is 0 Å². The molecule has 0 aliphatic carbocycles. The van der Waals surface area contributed by atoms with Gasteiger partial charge in [-0.1, -0.05) is 20.8 Å². The molecule has 0 atom stereocenters. The molecule has 0 radical (unpaired) electrons. The maximum absolute atomic E-state index is 12.2. The predicted octanol–water partition coefficient (Wildman–Crippen LogP) is 1.44. The van der Waals surface area contributed by atoms with E-state index in [-0.39, 0.29) is 16.7 Å². The van der Waals surface area contributed by atoms with Crippen molar-refractivity contribution < 1.29 is 8.42 Å². The van der Waals surface area contributed by atoms with Crippen LogP contribution in [0.1, 0.15) is 40.5 Å². The maximum Gasteiger partial charge on any atom is 0.214 e. The van der Waals surface area contributed by atoms with Crippen LogP contribution in [-0.2, 0) is 10.0 Å². The molecule has 0 aromatic carbocycles. The Kier molecular flexibility index (Phi) is 4.27. The van der Waals surface area contributed by atoms with Crippen LogP contribution in [0, 0.1) is 5.41 Å². The summed E-state index contributed by atoms with van der Waals surface area (Å²) in [6, 6.07) is 0. The van der Waals surface area contributed by atoms with Crippen molar-refractivity contribution in [3.8, 4) is 0 Å². The fourth-order valence-corrected chi connectivity index (χ4v) is 4.16. The molecule has 17 heavy (non-hydrogen) atoms. The van der Waals surface area contributed by atoms with Gasteiger partial charge in [-0.2, -0.15) is 0 Å². The van der Waals surface area contributed by atoms with Crippen LogP contribution in [0.2, 0.25) is 0 Å². The van der Waals surface area contributed by atoms with Crippen LogP contribution in [0.25, 0.3) is 0 Å². The number of sulfonamides is 1. The number of piperidine rings is 1. The van der Waals surface area contributed by atoms with Crippen molar-refractivity contribution in [2.24, 2.45) is 5.41 Å². The lowest BCUT2D eigenvalue weighted by molar-refractivity contribution is 0.218. The molecule has 1 saturated heterocycles. The Hall–Kier alpha value is -0.130. The highest BCUT2D eigenvalue weighted by Gasteiger charge is 2.35. The minimum atomic E-state index is -3.09. The summed E-state index contributed by atoms with van der Waals surface area (Å²) in [5.74, 6) is 0.232. The fourth-order valence-electron chi connectivity index (χ4n) is 2.15. The van der Waals surface area contributed by atoms with E-state index < -0.39 is 10.0 Å². The van der Waals surface area contributed by atoms with Crippen LogP contribution in [0.3, 0.4) is 0 Å². The largest absolute Gasteiger partial charge is 0.314 e. The second kappa shape index (κ2) is 4.86. The molecule has 1 N–H and O–H groups in total. The summed E-state index contributed by atoms with van der Waals surface area (Å²) in [4.78, 5) is 0. The van der Waals surface area contributed by atoms with Gasteiger partial charge in [-0.15, -0.1) is 0 Å². The first kappa shape index (κ1) is 14.9. The molecule has 0 amide bonds. The zero-order chi connectivity index (χ0) is 13.3. The van der Waals surface area contributed by atoms with Crippen molar-refractivity contribution in [2.75, 3.05) is 25.9 Å². The molecular weight excluding hydrogens is 236 g/mol. The Morgan fingerprint density at radius 1 is 1.24 bits per heavy atom. The second-order valence-electron chi connectivity index (χ2n) is 6.53. The molecule has 0 aromatic rings. The van der Waals surface area contributed by atoms with Crippen LogP contribution >= 0.6 is 0 Å². The van der Waals surface area contributed by atoms with Crippen molar-refractivity contribution in [3.05, 3.63) is 0 Å². The van der Waals surface area contributed by atoms with E-state index in [2.05, 4.69) is 12.2 Å². The average molecular weight is 262 g/mol. The minimum Gasteiger partial charge on any atom is -0.314 e. The van der Waals surface area contributed by atoms with E-state index in [1.54, 1.807) is 4.31 Å². The molecule has 4 nitrogen and oxygen atoms in total. The molecule has 0 bridgehead atoms. The number of nitrogens with zero attached hydrogens (tertiary/aromatic N) is 1. The van der Waals surface area contributed by atoms with Crippen molar-refractivity contribution >= 4 is 10.0 Å². The number of nitrogens with one attached hydrogen (secondary N) is 1. The van der Waals surface area contributed by atoms with E-state index >= 15 is 0 Å². The van der Waals surface area contributed by atoms with E-state index in [9.17, 15) is 8.42 Å². The molecule has 102 valence electrons. The summed E-state index contributed by atoms with van der Waals surface area (Å²) in [7, 11) is -1.15. The van der Waals surface area contributed by atoms with Crippen LogP contribution in [-0.4, -0.2) is 44.2 Å². The third kappa shape index (κ3) is 4.23. The normalized spacial score (nSPS) is 22.6. The summed E-state index contributed by atoms with van der Waals surface area (Å²) in [6.07, 6.45) is 1.76. The van der Waals surface area contributed by atoms with Crippen molar-refractivity contribution in [1.82, 2.24) is 9.62 Å². The zero-order valence-corrected chi connectivity index (χ0v) is 12.5. The van der Waals surface area contributed by atoms with Crippen molar-refractivity contribution in [3.63, 3.8) is 0 Å². The van der Waals surface area contributed by atoms with Gasteiger partial charge < -0.3 is 5.32 Å². The van der Waals surface area contributed by atoms with Gasteiger partial charge in [0.15, 0.2) is 0 Å². The Morgan fingerprint density at radius 2 is 1.71 bits per heavy atom. The van der Waals surface area contributed by atoms with E-state index in [1.807, 2.05) is 27.8 Å². The lowest BCUT2D eigenvalue weighted by Gasteiger charge is -2.39. The summed E-state index contributed by atoms with van der Waals surface area (Å²) >= 11 is 0. The van der Waals surface area contributed by atoms with Gasteiger partial charge in [-0.25, -0.2) is 12.7 Å². The summed E-state index contributed by atoms with van der Waals surface area (Å²) in [5.41, 5.74) is -0.0870. The standard InChI is InChI=1S/C12H26N2O2S/c1-11(2,3)10-17(15,16)14-8-6-12(4,13-5)7-9-14/h13H,6-10H2,1-5H3. The van der Waals surface area contributed by atoms with Gasteiger partial charge in [0.25, 0.3) is 0 Å². The van der Waals surface area contributed by atoms with Gasteiger partial charge in [0, 0.05) is 18.6 Å². The van der Waals surface area contributed by atoms with Gasteiger partial charge in [0.2, 0.25) is 10.0 Å². The Labute approximate surface area is 106 Å². The Bertz CT molecular complexity index is 349. The highest BCUT2D eigenvalue weighted by molar-refractivity contribution is 7.89. The van der Waals surface area contributed by atoms with Crippen molar-refractivity contribution in [2.45, 2.75) is 46.1 Å². The first-order valence-electron chi connectivity index (χ1n) is 6.25. The van der Waals surface area contributed by atoms with Crippen LogP contribution in [0.4, 0.5) is 0 Å². The highest BCUT2D eigenvalue weighted by Crippen LogP contribution is 2.26. The van der Waals surface area contributed by atoms with Crippen LogP contribution in [0.5, 0.6) is 0 Å². The Morgan fingerprint density at radius 3 is 2.06 bits per heavy atom. The first-order valence-corrected chi connectivity index (χ1v) is 7.86. The summed E-state index contributed by atoms with van der Waals surface area (Å²) in [5, 5.41) is 3.28. The molecule has 0 saturated carbocycles. The molecule has 0 aromatic heterocycles. The fraction of sp³-hybridized carbons (Fsp3) is 1.00. The maximum atomic E-state index is 12.2. The Balaban J connectivity index is 2.66. The first-order chi connectivity index (χ1) is 7.58. The molecule has 0 unspecified atom stereocenters. The number of hydrogen-bond acceptors (Lipinski definition) is 3. The molecule has 1 aliphatic rings. The third-order valence-electron chi connectivity index (χ3n) is 3.44. The van der Waals surface area contributed by atoms with Crippen molar-refractivity contribution in [1.29, 1.82) is 0 Å². The highest BCUT2D eigenvalue weighted by atomic mass is 32.2. The van der Waals surface area contributed by atoms with E-state index in [1.165, 1.54) is 0 Å². The molecule has 1 heterocycles. The topological polar surface area (TPSA) is 49.4 Å². The molecule has 1 rings (SSSR count). The average Bonchev–Trinajstić information content (AvgIpc) is 2.15. The second-order valence-corrected chi connectivity index (χ2v) is 8.50. The van der Waals surface area contributed by atoms with Gasteiger partial charge >= 0.3 is 0 Å². The number of hydrogen-bond donors (Lipinski definition) is 1. The van der Waals surface area contributed by atoms with Crippen LogP contribution in [0.15, 0.2) is 0 Å². The smallest absolute Gasteiger partial charge is 0.214 e. The van der Waals surface area contributed by atoms with E-state index in [0.29, 0.717) is 13.1 Å². The summed E-state index contributed by atoms with van der Waals surface area (Å²) < 4.78 is 26.1. The molecule has 5 heteroatoms. The predicted molar refractivity (Wildman–Crippen MR) is 71.5 cm³/mol. The van der Waals surface area contributed by atoms with E-state index in [4.69, 9.17) is 0 Å². The quantitative estimate of drug-likeness (QED) is 0.837. The van der Waals surface area contributed by atoms with Gasteiger partial charge in [-0.05, 0) is 32.2 Å². The van der Waals surface area contributed by atoms with Crippen LogP contribution < -0.4 is 5.32 Å². The molecule has 1 fully saturated rings. The minimum absolute atomic E-state index is 0.0910. The zero-order valence-electron chi connectivity index (χ0n) is 11.7. The summed E-state index contributed by atoms with van der Waals surface area (Å²) in [6.45, 7) is 9.32.